The molecular formula is C12H16O3. The average Bonchev–Trinajstić information content (AvgIpc) is 2.21. The normalized spacial score (nSPS) is 12.2. The van der Waals surface area contributed by atoms with Crippen molar-refractivity contribution in [2.24, 2.45) is 0 Å². The topological polar surface area (TPSA) is 46.5 Å². The first-order valence-electron chi connectivity index (χ1n) is 4.91. The number of aldehydes is 1. The van der Waals surface area contributed by atoms with Crippen LogP contribution in [0.3, 0.4) is 0 Å². The van der Waals surface area contributed by atoms with Gasteiger partial charge in [-0.05, 0) is 24.5 Å². The molecule has 3 heteroatoms. The van der Waals surface area contributed by atoms with Crippen molar-refractivity contribution in [1.82, 2.24) is 0 Å². The highest BCUT2D eigenvalue weighted by molar-refractivity contribution is 5.56. The van der Waals surface area contributed by atoms with Crippen LogP contribution in [-0.2, 0) is 4.79 Å². The molecule has 15 heavy (non-hydrogen) atoms. The number of methoxy groups -OCH3 is 1. The highest BCUT2D eigenvalue weighted by Gasteiger charge is 2.16. The molecule has 0 aliphatic carbocycles. The minimum absolute atomic E-state index is 0.0598. The number of benzene rings is 1. The van der Waals surface area contributed by atoms with Crippen LogP contribution < -0.4 is 4.74 Å². The van der Waals surface area contributed by atoms with E-state index in [9.17, 15) is 9.90 Å². The van der Waals surface area contributed by atoms with E-state index in [0.717, 1.165) is 17.4 Å². The quantitative estimate of drug-likeness (QED) is 0.773. The van der Waals surface area contributed by atoms with Gasteiger partial charge in [0.1, 0.15) is 6.29 Å². The number of hydrogen-bond donors (Lipinski definition) is 1. The van der Waals surface area contributed by atoms with Crippen LogP contribution in [0.2, 0.25) is 0 Å². The van der Waals surface area contributed by atoms with Crippen molar-refractivity contribution >= 4 is 6.29 Å². The molecule has 0 radical (unpaired) electrons. The maximum Gasteiger partial charge on any atom is 0.164 e. The summed E-state index contributed by atoms with van der Waals surface area (Å²) in [6.45, 7) is 3.89. The lowest BCUT2D eigenvalue weighted by Crippen LogP contribution is -2.01. The average molecular weight is 208 g/mol. The second-order valence-electron chi connectivity index (χ2n) is 3.65. The van der Waals surface area contributed by atoms with E-state index in [0.29, 0.717) is 12.2 Å². The zero-order chi connectivity index (χ0) is 11.4. The van der Waals surface area contributed by atoms with Crippen molar-refractivity contribution in [2.45, 2.75) is 26.2 Å². The number of carbonyl (C=O) groups is 1. The number of aryl methyl sites for hydroxylation is 1. The van der Waals surface area contributed by atoms with Gasteiger partial charge in [0.2, 0.25) is 0 Å². The Bertz CT molecular complexity index is 358. The summed E-state index contributed by atoms with van der Waals surface area (Å²) in [6.07, 6.45) is 1.31. The van der Waals surface area contributed by atoms with Gasteiger partial charge in [0, 0.05) is 12.0 Å². The highest BCUT2D eigenvalue weighted by atomic mass is 16.5. The van der Waals surface area contributed by atoms with Gasteiger partial charge in [0.25, 0.3) is 0 Å². The molecule has 0 saturated heterocycles. The van der Waals surface area contributed by atoms with E-state index in [1.807, 2.05) is 19.9 Å². The number of rotatable bonds is 4. The van der Waals surface area contributed by atoms with Crippen LogP contribution in [0.1, 0.15) is 30.4 Å². The van der Waals surface area contributed by atoms with Crippen LogP contribution in [0, 0.1) is 6.92 Å². The van der Waals surface area contributed by atoms with E-state index in [1.165, 1.54) is 7.11 Å². The Kier molecular flexibility index (Phi) is 3.72. The molecule has 0 heterocycles. The minimum Gasteiger partial charge on any atom is -0.504 e. The van der Waals surface area contributed by atoms with Crippen molar-refractivity contribution < 1.29 is 14.6 Å². The van der Waals surface area contributed by atoms with Gasteiger partial charge >= 0.3 is 0 Å². The Balaban J connectivity index is 3.23. The zero-order valence-electron chi connectivity index (χ0n) is 9.28. The van der Waals surface area contributed by atoms with Gasteiger partial charge < -0.3 is 14.6 Å². The summed E-state index contributed by atoms with van der Waals surface area (Å²) in [6, 6.07) is 3.43. The lowest BCUT2D eigenvalue weighted by atomic mass is 9.93. The number of phenols is 1. The third-order valence-electron chi connectivity index (χ3n) is 2.54. The predicted molar refractivity (Wildman–Crippen MR) is 58.5 cm³/mol. The van der Waals surface area contributed by atoms with Crippen molar-refractivity contribution in [2.75, 3.05) is 7.11 Å². The zero-order valence-corrected chi connectivity index (χ0v) is 9.28. The van der Waals surface area contributed by atoms with E-state index in [-0.39, 0.29) is 11.7 Å². The van der Waals surface area contributed by atoms with Crippen LogP contribution in [0.4, 0.5) is 0 Å². The van der Waals surface area contributed by atoms with Gasteiger partial charge in [-0.25, -0.2) is 0 Å². The third kappa shape index (κ3) is 2.29. The highest BCUT2D eigenvalue weighted by Crippen LogP contribution is 2.37. The fourth-order valence-electron chi connectivity index (χ4n) is 1.78. The predicted octanol–water partition coefficient (Wildman–Crippen LogP) is 2.40. The lowest BCUT2D eigenvalue weighted by Gasteiger charge is -2.17. The summed E-state index contributed by atoms with van der Waals surface area (Å²) in [5, 5.41) is 9.62. The van der Waals surface area contributed by atoms with E-state index in [1.54, 1.807) is 6.07 Å². The van der Waals surface area contributed by atoms with Gasteiger partial charge in [-0.3, -0.25) is 0 Å². The standard InChI is InChI=1S/C12H16O3/c1-8-4-5-10(14)12(15-3)11(8)9(2)6-7-13/h4-5,7,9,14H,6H2,1-3H3. The molecule has 0 aromatic heterocycles. The molecule has 1 aromatic rings. The van der Waals surface area contributed by atoms with Crippen molar-refractivity contribution in [3.8, 4) is 11.5 Å². The molecule has 0 bridgehead atoms. The Morgan fingerprint density at radius 1 is 1.53 bits per heavy atom. The first kappa shape index (κ1) is 11.6. The monoisotopic (exact) mass is 208 g/mol. The molecule has 0 aliphatic heterocycles. The summed E-state index contributed by atoms with van der Waals surface area (Å²) in [7, 11) is 1.52. The lowest BCUT2D eigenvalue weighted by molar-refractivity contribution is -0.108. The van der Waals surface area contributed by atoms with Gasteiger partial charge in [-0.1, -0.05) is 13.0 Å². The number of aromatic hydroxyl groups is 1. The molecule has 0 spiro atoms. The third-order valence-corrected chi connectivity index (χ3v) is 2.54. The number of ether oxygens (including phenoxy) is 1. The molecule has 1 rings (SSSR count). The van der Waals surface area contributed by atoms with Gasteiger partial charge in [0.15, 0.2) is 11.5 Å². The summed E-state index contributed by atoms with van der Waals surface area (Å²) in [5.74, 6) is 0.657. The maximum absolute atomic E-state index is 10.5. The Morgan fingerprint density at radius 2 is 2.20 bits per heavy atom. The van der Waals surface area contributed by atoms with Crippen LogP contribution in [0.5, 0.6) is 11.5 Å². The summed E-state index contributed by atoms with van der Waals surface area (Å²) >= 11 is 0. The minimum atomic E-state index is 0.0598. The Hall–Kier alpha value is -1.51. The largest absolute Gasteiger partial charge is 0.504 e. The van der Waals surface area contributed by atoms with E-state index < -0.39 is 0 Å². The SMILES string of the molecule is COc1c(O)ccc(C)c1C(C)CC=O. The fraction of sp³-hybridized carbons (Fsp3) is 0.417. The fourth-order valence-corrected chi connectivity index (χ4v) is 1.78. The molecule has 0 aliphatic rings. The van der Waals surface area contributed by atoms with Crippen molar-refractivity contribution in [1.29, 1.82) is 0 Å². The molecule has 1 aromatic carbocycles. The van der Waals surface area contributed by atoms with E-state index in [4.69, 9.17) is 4.74 Å². The van der Waals surface area contributed by atoms with Crippen LogP contribution >= 0.6 is 0 Å². The first-order chi connectivity index (χ1) is 7.11. The van der Waals surface area contributed by atoms with Crippen LogP contribution in [0.15, 0.2) is 12.1 Å². The summed E-state index contributed by atoms with van der Waals surface area (Å²) < 4.78 is 5.16. The maximum atomic E-state index is 10.5. The first-order valence-corrected chi connectivity index (χ1v) is 4.91. The van der Waals surface area contributed by atoms with Crippen molar-refractivity contribution in [3.63, 3.8) is 0 Å². The van der Waals surface area contributed by atoms with Gasteiger partial charge in [-0.2, -0.15) is 0 Å². The molecule has 0 fully saturated rings. The molecule has 0 saturated carbocycles. The van der Waals surface area contributed by atoms with E-state index >= 15 is 0 Å². The molecule has 1 atom stereocenters. The Labute approximate surface area is 89.7 Å². The van der Waals surface area contributed by atoms with Gasteiger partial charge in [-0.15, -0.1) is 0 Å². The number of hydrogen-bond acceptors (Lipinski definition) is 3. The van der Waals surface area contributed by atoms with Crippen LogP contribution in [-0.4, -0.2) is 18.5 Å². The van der Waals surface area contributed by atoms with Gasteiger partial charge in [0.05, 0.1) is 7.11 Å². The smallest absolute Gasteiger partial charge is 0.164 e. The molecule has 0 amide bonds. The number of phenolic OH excluding ortho intramolecular Hbond substituents is 1. The second-order valence-corrected chi connectivity index (χ2v) is 3.65. The van der Waals surface area contributed by atoms with Crippen molar-refractivity contribution in [3.05, 3.63) is 23.3 Å². The summed E-state index contributed by atoms with van der Waals surface area (Å²) in [4.78, 5) is 10.5. The molecule has 82 valence electrons. The van der Waals surface area contributed by atoms with Crippen LogP contribution in [0.25, 0.3) is 0 Å². The molecule has 3 nitrogen and oxygen atoms in total. The number of carbonyl (C=O) groups excluding carboxylic acids is 1. The van der Waals surface area contributed by atoms with E-state index in [2.05, 4.69) is 0 Å². The molecular weight excluding hydrogens is 192 g/mol. The second kappa shape index (κ2) is 4.82. The molecule has 1 N–H and O–H groups in total. The molecule has 1 unspecified atom stereocenters. The Morgan fingerprint density at radius 3 is 2.73 bits per heavy atom. The summed E-state index contributed by atoms with van der Waals surface area (Å²) in [5.41, 5.74) is 1.93.